The topological polar surface area (TPSA) is 141 Å². The van der Waals surface area contributed by atoms with Gasteiger partial charge < -0.3 is 39.3 Å². The van der Waals surface area contributed by atoms with E-state index in [2.05, 4.69) is 10.3 Å². The number of piperidine rings is 1. The summed E-state index contributed by atoms with van der Waals surface area (Å²) in [6.07, 6.45) is 1.10. The summed E-state index contributed by atoms with van der Waals surface area (Å²) in [6.45, 7) is 0.860. The number of alkyl halides is 2. The number of benzene rings is 3. The second-order valence-electron chi connectivity index (χ2n) is 17.9. The molecule has 4 aromatic rings. The van der Waals surface area contributed by atoms with Crippen molar-refractivity contribution in [3.05, 3.63) is 99.7 Å². The number of imidazole rings is 1. The van der Waals surface area contributed by atoms with Gasteiger partial charge in [0, 0.05) is 67.6 Å². The van der Waals surface area contributed by atoms with Gasteiger partial charge in [0.2, 0.25) is 29.6 Å². The van der Waals surface area contributed by atoms with Crippen LogP contribution in [0.4, 0.5) is 13.2 Å². The van der Waals surface area contributed by atoms with Gasteiger partial charge in [-0.05, 0) is 100 Å². The summed E-state index contributed by atoms with van der Waals surface area (Å²) in [6, 6.07) is 13.5. The number of aliphatic hydroxyl groups is 1. The molecule has 2 bridgehead atoms. The summed E-state index contributed by atoms with van der Waals surface area (Å²) in [5.41, 5.74) is 1.28. The third kappa shape index (κ3) is 10.5. The Morgan fingerprint density at radius 2 is 1.66 bits per heavy atom. The van der Waals surface area contributed by atoms with Gasteiger partial charge in [0.05, 0.1) is 43.0 Å². The zero-order valence-electron chi connectivity index (χ0n) is 37.0. The molecule has 0 unspecified atom stereocenters. The molecule has 65 heavy (non-hydrogen) atoms. The molecular weight excluding hydrogens is 886 g/mol. The van der Waals surface area contributed by atoms with Crippen molar-refractivity contribution < 1.29 is 42.2 Å². The zero-order valence-corrected chi connectivity index (χ0v) is 38.5. The van der Waals surface area contributed by atoms with Crippen LogP contribution in [0, 0.1) is 17.7 Å². The summed E-state index contributed by atoms with van der Waals surface area (Å²) in [7, 11) is 7.37. The van der Waals surface area contributed by atoms with Crippen LogP contribution in [0.15, 0.2) is 66.9 Å². The van der Waals surface area contributed by atoms with E-state index in [9.17, 15) is 33.1 Å². The number of likely N-dealkylation sites (N-methyl/N-ethyl adjacent to an activating group) is 1. The van der Waals surface area contributed by atoms with Crippen molar-refractivity contribution in [1.82, 2.24) is 34.5 Å². The fourth-order valence-electron chi connectivity index (χ4n) is 9.30. The largest absolute Gasteiger partial charge is 0.457 e. The second kappa shape index (κ2) is 19.4. The molecule has 0 spiro atoms. The Bertz CT molecular complexity index is 2410. The number of carbonyl (C=O) groups is 4. The number of hydrogen-bond donors (Lipinski definition) is 2. The van der Waals surface area contributed by atoms with Gasteiger partial charge >= 0.3 is 0 Å². The Kier molecular flexibility index (Phi) is 14.2. The van der Waals surface area contributed by atoms with E-state index in [-0.39, 0.29) is 35.8 Å². The first-order valence-corrected chi connectivity index (χ1v) is 22.3. The summed E-state index contributed by atoms with van der Waals surface area (Å²) in [5.74, 6) is -7.73. The van der Waals surface area contributed by atoms with Crippen LogP contribution in [0.25, 0.3) is 11.3 Å². The highest BCUT2D eigenvalue weighted by Crippen LogP contribution is 2.48. The first-order valence-electron chi connectivity index (χ1n) is 21.6. The van der Waals surface area contributed by atoms with Crippen molar-refractivity contribution in [2.75, 3.05) is 40.8 Å². The molecule has 18 heteroatoms. The third-order valence-electron chi connectivity index (χ3n) is 13.1. The maximum Gasteiger partial charge on any atom is 0.248 e. The number of hydrogen-bond acceptors (Lipinski definition) is 8. The van der Waals surface area contributed by atoms with E-state index in [1.807, 2.05) is 54.9 Å². The normalized spacial score (nSPS) is 23.4. The number of carbonyl (C=O) groups excluding carboxylic acids is 4. The van der Waals surface area contributed by atoms with E-state index in [0.29, 0.717) is 30.2 Å². The number of ether oxygens (including phenoxy) is 1. The zero-order chi connectivity index (χ0) is 47.0. The van der Waals surface area contributed by atoms with Crippen molar-refractivity contribution in [3.8, 4) is 22.8 Å². The molecule has 348 valence electrons. The van der Waals surface area contributed by atoms with Crippen LogP contribution in [-0.4, -0.2) is 122 Å². The maximum absolute atomic E-state index is 16.2. The lowest BCUT2D eigenvalue weighted by molar-refractivity contribution is -0.164. The van der Waals surface area contributed by atoms with Crippen LogP contribution in [0.2, 0.25) is 10.0 Å². The van der Waals surface area contributed by atoms with Gasteiger partial charge in [0.1, 0.15) is 35.2 Å². The van der Waals surface area contributed by atoms with E-state index in [0.717, 1.165) is 33.6 Å². The lowest BCUT2D eigenvalue weighted by Gasteiger charge is -2.51. The average molecular weight is 941 g/mol. The van der Waals surface area contributed by atoms with Crippen LogP contribution < -0.4 is 10.1 Å². The molecule has 4 atom stereocenters. The van der Waals surface area contributed by atoms with Crippen LogP contribution in [0.1, 0.15) is 56.0 Å². The van der Waals surface area contributed by atoms with E-state index < -0.39 is 97.2 Å². The number of aliphatic hydroxyl groups excluding tert-OH is 1. The highest BCUT2D eigenvalue weighted by Gasteiger charge is 2.53. The predicted molar refractivity (Wildman–Crippen MR) is 239 cm³/mol. The fraction of sp³-hybridized carbons (Fsp3) is 0.468. The number of aromatic nitrogens is 2. The molecule has 7 rings (SSSR count). The second-order valence-corrected chi connectivity index (χ2v) is 18.8. The van der Waals surface area contributed by atoms with Gasteiger partial charge in [-0.25, -0.2) is 18.2 Å². The molecule has 3 fully saturated rings. The minimum Gasteiger partial charge on any atom is -0.457 e. The Balaban J connectivity index is 1.23. The molecular formula is C47H54Cl2F3N7O6. The number of nitrogens with zero attached hydrogens (tertiary/aromatic N) is 6. The van der Waals surface area contributed by atoms with Gasteiger partial charge in [0.25, 0.3) is 0 Å². The minimum atomic E-state index is -3.03. The van der Waals surface area contributed by atoms with Crippen LogP contribution in [-0.2, 0) is 45.7 Å². The summed E-state index contributed by atoms with van der Waals surface area (Å²) in [5, 5.41) is 13.7. The summed E-state index contributed by atoms with van der Waals surface area (Å²) < 4.78 is 53.6. The molecule has 0 radical (unpaired) electrons. The molecule has 1 saturated carbocycles. The van der Waals surface area contributed by atoms with Crippen LogP contribution >= 0.6 is 23.2 Å². The van der Waals surface area contributed by atoms with Gasteiger partial charge in [-0.3, -0.25) is 19.2 Å². The third-order valence-corrected chi connectivity index (χ3v) is 13.6. The molecule has 3 heterocycles. The number of nitrogens with one attached hydrogen (secondary N) is 1. The Hall–Kier alpha value is -5.16. The molecule has 4 amide bonds. The standard InChI is InChI=1S/C47H54Cl2F3N7O6/c1-28-43(62)54-38(26-60)45(64)57(5)46(20-29-7-11-32(48)12-8-29)15-6-16-58(27-46)44(63)35(31-21-47(51,52)22-31)19-42(61)59(28)24-36-37(50)17-33(49)18-40(36)65-34-13-9-30(10-14-34)39-23-53-41(56(39)4)25-55(2)3/h7-14,17-18,23,28,31,35,38,60H,6,15-16,19-22,24-27H2,1-5H3,(H,54,62)/t28-,35-,38-,46+/m0/s1. The number of amides is 4. The first-order chi connectivity index (χ1) is 30.8. The van der Waals surface area contributed by atoms with Crippen LogP contribution in [0.5, 0.6) is 11.5 Å². The van der Waals surface area contributed by atoms with Gasteiger partial charge in [-0.1, -0.05) is 35.3 Å². The molecule has 2 aliphatic heterocycles. The smallest absolute Gasteiger partial charge is 0.248 e. The first kappa shape index (κ1) is 47.8. The maximum atomic E-state index is 16.2. The Morgan fingerprint density at radius 3 is 2.31 bits per heavy atom. The average Bonchev–Trinajstić information content (AvgIpc) is 3.61. The Labute approximate surface area is 386 Å². The summed E-state index contributed by atoms with van der Waals surface area (Å²) in [4.78, 5) is 68.7. The van der Waals surface area contributed by atoms with Crippen molar-refractivity contribution in [2.45, 2.75) is 82.1 Å². The monoisotopic (exact) mass is 939 g/mol. The highest BCUT2D eigenvalue weighted by atomic mass is 35.5. The Morgan fingerprint density at radius 1 is 0.969 bits per heavy atom. The van der Waals surface area contributed by atoms with Gasteiger partial charge in [0.15, 0.2) is 0 Å². The SMILES string of the molecule is C[C@H]1C(=O)N[C@@H](CO)C(=O)N(C)[C@@]2(Cc3ccc(Cl)cc3)CCCN(C2)C(=O)[C@H](C2CC(F)(F)C2)CC(=O)N1Cc1c(F)cc(Cl)cc1Oc1ccc(-c2cnc(CN(C)C)n2C)cc1. The van der Waals surface area contributed by atoms with E-state index in [1.54, 1.807) is 37.5 Å². The minimum absolute atomic E-state index is 0.00600. The molecule has 1 aliphatic carbocycles. The molecule has 2 saturated heterocycles. The molecule has 3 aromatic carbocycles. The summed E-state index contributed by atoms with van der Waals surface area (Å²) >= 11 is 12.5. The van der Waals surface area contributed by atoms with E-state index in [4.69, 9.17) is 27.9 Å². The quantitative estimate of drug-likeness (QED) is 0.169. The van der Waals surface area contributed by atoms with Crippen LogP contribution in [0.3, 0.4) is 0 Å². The number of fused-ring (bicyclic) bond motifs is 2. The number of halogens is 5. The van der Waals surface area contributed by atoms with E-state index in [1.165, 1.54) is 22.8 Å². The fourth-order valence-corrected chi connectivity index (χ4v) is 9.62. The molecule has 13 nitrogen and oxygen atoms in total. The van der Waals surface area contributed by atoms with Gasteiger partial charge in [-0.15, -0.1) is 0 Å². The van der Waals surface area contributed by atoms with Gasteiger partial charge in [-0.2, -0.15) is 0 Å². The lowest BCUT2D eigenvalue weighted by atomic mass is 9.70. The van der Waals surface area contributed by atoms with Crippen molar-refractivity contribution in [1.29, 1.82) is 0 Å². The molecule has 3 aliphatic rings. The highest BCUT2D eigenvalue weighted by molar-refractivity contribution is 6.31. The molecule has 1 aromatic heterocycles. The lowest BCUT2D eigenvalue weighted by Crippen LogP contribution is -2.66. The van der Waals surface area contributed by atoms with Crippen molar-refractivity contribution in [3.63, 3.8) is 0 Å². The predicted octanol–water partition coefficient (Wildman–Crippen LogP) is 6.71. The number of rotatable bonds is 11. The van der Waals surface area contributed by atoms with E-state index >= 15 is 4.39 Å². The molecule has 2 N–H and O–H groups in total. The van der Waals surface area contributed by atoms with Crippen molar-refractivity contribution >= 4 is 46.8 Å². The van der Waals surface area contributed by atoms with Crippen molar-refractivity contribution in [2.24, 2.45) is 18.9 Å².